The van der Waals surface area contributed by atoms with E-state index in [1.807, 2.05) is 0 Å². The number of amides is 3. The quantitative estimate of drug-likeness (QED) is 0.0612. The molecule has 0 aliphatic carbocycles. The number of guanidine groups is 1. The molecule has 0 saturated carbocycles. The molecule has 0 radical (unpaired) electrons. The van der Waals surface area contributed by atoms with Gasteiger partial charge in [-0.25, -0.2) is 4.79 Å². The second-order valence-corrected chi connectivity index (χ2v) is 7.81. The van der Waals surface area contributed by atoms with Crippen molar-refractivity contribution in [1.82, 2.24) is 16.0 Å². The summed E-state index contributed by atoms with van der Waals surface area (Å²) in [5, 5.41) is 44.4. The zero-order chi connectivity index (χ0) is 27.3. The number of hydrogen-bond acceptors (Lipinski definition) is 9. The van der Waals surface area contributed by atoms with Crippen molar-refractivity contribution in [2.24, 2.45) is 22.2 Å². The minimum absolute atomic E-state index is 0.0184. The van der Waals surface area contributed by atoms with Crippen molar-refractivity contribution in [3.63, 3.8) is 0 Å². The average Bonchev–Trinajstić information content (AvgIpc) is 2.83. The highest BCUT2D eigenvalue weighted by atomic mass is 16.4. The van der Waals surface area contributed by atoms with Gasteiger partial charge in [-0.15, -0.1) is 0 Å². The van der Waals surface area contributed by atoms with Crippen molar-refractivity contribution < 1.29 is 39.6 Å². The molecule has 200 valence electrons. The standard InChI is InChI=1S/C21H33N7O8/c22-13(2-1-7-25-21(23)24)17(32)27-15(9-29)19(34)28-16(10-30)18(33)26-14(20(35)36)8-11-3-5-12(31)6-4-11/h3-6,13-16,29-31H,1-2,7-10,22H2,(H,26,33)(H,27,32)(H,28,34)(H,35,36)(H4,23,24,25). The maximum Gasteiger partial charge on any atom is 0.326 e. The van der Waals surface area contributed by atoms with E-state index >= 15 is 0 Å². The average molecular weight is 512 g/mol. The first-order valence-electron chi connectivity index (χ1n) is 10.9. The van der Waals surface area contributed by atoms with Crippen LogP contribution in [0.4, 0.5) is 0 Å². The fourth-order valence-corrected chi connectivity index (χ4v) is 2.93. The van der Waals surface area contributed by atoms with Gasteiger partial charge in [0.1, 0.15) is 23.9 Å². The number of aliphatic hydroxyl groups is 2. The molecule has 0 fully saturated rings. The number of carbonyl (C=O) groups excluding carboxylic acids is 3. The highest BCUT2D eigenvalue weighted by molar-refractivity contribution is 5.94. The number of carbonyl (C=O) groups is 4. The van der Waals surface area contributed by atoms with Crippen LogP contribution in [-0.2, 0) is 25.6 Å². The van der Waals surface area contributed by atoms with Crippen LogP contribution in [0.15, 0.2) is 29.3 Å². The molecule has 1 aromatic rings. The predicted molar refractivity (Wildman–Crippen MR) is 127 cm³/mol. The molecular weight excluding hydrogens is 478 g/mol. The summed E-state index contributed by atoms with van der Waals surface area (Å²) in [6.07, 6.45) is 0.426. The third-order valence-corrected chi connectivity index (χ3v) is 4.93. The molecule has 4 atom stereocenters. The van der Waals surface area contributed by atoms with Crippen molar-refractivity contribution in [3.8, 4) is 5.75 Å². The number of aliphatic hydroxyl groups excluding tert-OH is 2. The molecule has 0 bridgehead atoms. The van der Waals surface area contributed by atoms with Crippen molar-refractivity contribution >= 4 is 29.7 Å². The first-order valence-corrected chi connectivity index (χ1v) is 10.9. The molecule has 0 heterocycles. The van der Waals surface area contributed by atoms with Gasteiger partial charge in [-0.2, -0.15) is 0 Å². The van der Waals surface area contributed by atoms with Gasteiger partial charge in [0.15, 0.2) is 5.96 Å². The maximum absolute atomic E-state index is 12.5. The van der Waals surface area contributed by atoms with Crippen LogP contribution >= 0.6 is 0 Å². The minimum atomic E-state index is -1.57. The molecule has 13 N–H and O–H groups in total. The number of phenols is 1. The van der Waals surface area contributed by atoms with E-state index in [9.17, 15) is 39.6 Å². The zero-order valence-electron chi connectivity index (χ0n) is 19.5. The molecular formula is C21H33N7O8. The Bertz CT molecular complexity index is 921. The third-order valence-electron chi connectivity index (χ3n) is 4.93. The van der Waals surface area contributed by atoms with Gasteiger partial charge in [0.05, 0.1) is 19.3 Å². The number of hydrogen-bond donors (Lipinski definition) is 10. The molecule has 0 aromatic heterocycles. The Morgan fingerprint density at radius 2 is 1.36 bits per heavy atom. The van der Waals surface area contributed by atoms with Crippen LogP contribution in [0.1, 0.15) is 18.4 Å². The van der Waals surface area contributed by atoms with Gasteiger partial charge < -0.3 is 53.6 Å². The number of carboxylic acids is 1. The summed E-state index contributed by atoms with van der Waals surface area (Å²) in [6.45, 7) is -1.49. The number of aliphatic imine (C=N–C) groups is 1. The normalized spacial score (nSPS) is 14.0. The van der Waals surface area contributed by atoms with E-state index in [1.54, 1.807) is 0 Å². The van der Waals surface area contributed by atoms with Gasteiger partial charge in [-0.1, -0.05) is 12.1 Å². The molecule has 0 aliphatic heterocycles. The van der Waals surface area contributed by atoms with Crippen LogP contribution in [-0.4, -0.2) is 94.0 Å². The van der Waals surface area contributed by atoms with E-state index in [4.69, 9.17) is 17.2 Å². The fraction of sp³-hybridized carbons (Fsp3) is 0.476. The van der Waals surface area contributed by atoms with Crippen LogP contribution in [0.3, 0.4) is 0 Å². The Balaban J connectivity index is 2.70. The molecule has 1 aromatic carbocycles. The van der Waals surface area contributed by atoms with Gasteiger partial charge >= 0.3 is 5.97 Å². The first kappa shape index (κ1) is 30.1. The van der Waals surface area contributed by atoms with Crippen molar-refractivity contribution in [3.05, 3.63) is 29.8 Å². The molecule has 0 spiro atoms. The molecule has 36 heavy (non-hydrogen) atoms. The van der Waals surface area contributed by atoms with Gasteiger partial charge in [-0.05, 0) is 30.5 Å². The van der Waals surface area contributed by atoms with Gasteiger partial charge in [0, 0.05) is 13.0 Å². The molecule has 15 nitrogen and oxygen atoms in total. The number of benzene rings is 1. The number of nitrogens with one attached hydrogen (secondary N) is 3. The number of nitrogens with zero attached hydrogens (tertiary/aromatic N) is 1. The number of rotatable bonds is 15. The monoisotopic (exact) mass is 511 g/mol. The van der Waals surface area contributed by atoms with Crippen molar-refractivity contribution in [2.45, 2.75) is 43.4 Å². The Hall–Kier alpha value is -3.95. The SMILES string of the molecule is NC(N)=NCCCC(N)C(=O)NC(CO)C(=O)NC(CO)C(=O)NC(Cc1ccc(O)cc1)C(=O)O. The largest absolute Gasteiger partial charge is 0.508 e. The topological polar surface area (TPSA) is 276 Å². The summed E-state index contributed by atoms with van der Waals surface area (Å²) in [6, 6.07) is 0.158. The van der Waals surface area contributed by atoms with E-state index in [1.165, 1.54) is 24.3 Å². The van der Waals surface area contributed by atoms with E-state index in [-0.39, 0.29) is 31.1 Å². The lowest BCUT2D eigenvalue weighted by Crippen LogP contribution is -2.59. The first-order chi connectivity index (χ1) is 17.0. The molecule has 0 saturated heterocycles. The lowest BCUT2D eigenvalue weighted by atomic mass is 10.1. The van der Waals surface area contributed by atoms with E-state index in [2.05, 4.69) is 20.9 Å². The molecule has 1 rings (SSSR count). The lowest BCUT2D eigenvalue weighted by Gasteiger charge is -2.23. The lowest BCUT2D eigenvalue weighted by molar-refractivity contribution is -0.142. The second-order valence-electron chi connectivity index (χ2n) is 7.81. The number of aliphatic carboxylic acids is 1. The summed E-state index contributed by atoms with van der Waals surface area (Å²) >= 11 is 0. The fourth-order valence-electron chi connectivity index (χ4n) is 2.93. The van der Waals surface area contributed by atoms with Crippen LogP contribution in [0.2, 0.25) is 0 Å². The number of carboxylic acid groups (broad SMARTS) is 1. The Morgan fingerprint density at radius 1 is 0.861 bits per heavy atom. The van der Waals surface area contributed by atoms with Crippen LogP contribution in [0.25, 0.3) is 0 Å². The van der Waals surface area contributed by atoms with Crippen LogP contribution in [0, 0.1) is 0 Å². The number of phenolic OH excluding ortho intramolecular Hbond substituents is 1. The van der Waals surface area contributed by atoms with Crippen LogP contribution < -0.4 is 33.2 Å². The maximum atomic E-state index is 12.5. The molecule has 15 heteroatoms. The van der Waals surface area contributed by atoms with Gasteiger partial charge in [-0.3, -0.25) is 19.4 Å². The summed E-state index contributed by atoms with van der Waals surface area (Å²) in [5.41, 5.74) is 16.7. The highest BCUT2D eigenvalue weighted by Crippen LogP contribution is 2.11. The van der Waals surface area contributed by atoms with Crippen LogP contribution in [0.5, 0.6) is 5.75 Å². The van der Waals surface area contributed by atoms with Crippen molar-refractivity contribution in [2.75, 3.05) is 19.8 Å². The molecule has 0 aliphatic rings. The number of nitrogens with two attached hydrogens (primary N) is 3. The summed E-state index contributed by atoms with van der Waals surface area (Å²) in [7, 11) is 0. The van der Waals surface area contributed by atoms with Gasteiger partial charge in [0.25, 0.3) is 0 Å². The Kier molecular flexibility index (Phi) is 12.6. The Labute approximate surface area is 206 Å². The van der Waals surface area contributed by atoms with E-state index in [0.29, 0.717) is 12.0 Å². The summed E-state index contributed by atoms with van der Waals surface area (Å²) < 4.78 is 0. The summed E-state index contributed by atoms with van der Waals surface area (Å²) in [4.78, 5) is 52.6. The Morgan fingerprint density at radius 3 is 1.83 bits per heavy atom. The minimum Gasteiger partial charge on any atom is -0.508 e. The smallest absolute Gasteiger partial charge is 0.326 e. The summed E-state index contributed by atoms with van der Waals surface area (Å²) in [5.74, 6) is -4.25. The molecule has 3 amide bonds. The second kappa shape index (κ2) is 15.1. The zero-order valence-corrected chi connectivity index (χ0v) is 19.5. The van der Waals surface area contributed by atoms with Gasteiger partial charge in [0.2, 0.25) is 17.7 Å². The van der Waals surface area contributed by atoms with Crippen molar-refractivity contribution in [1.29, 1.82) is 0 Å². The third kappa shape index (κ3) is 10.5. The molecule has 4 unspecified atom stereocenters. The number of aromatic hydroxyl groups is 1. The predicted octanol–water partition coefficient (Wildman–Crippen LogP) is -4.16. The van der Waals surface area contributed by atoms with E-state index in [0.717, 1.165) is 0 Å². The van der Waals surface area contributed by atoms with E-state index < -0.39 is 61.1 Å². The highest BCUT2D eigenvalue weighted by Gasteiger charge is 2.29.